The van der Waals surface area contributed by atoms with Crippen molar-refractivity contribution in [2.24, 2.45) is 0 Å². The highest BCUT2D eigenvalue weighted by molar-refractivity contribution is 5.94. The van der Waals surface area contributed by atoms with Gasteiger partial charge in [0.1, 0.15) is 0 Å². The van der Waals surface area contributed by atoms with Crippen molar-refractivity contribution < 1.29 is 18.0 Å². The van der Waals surface area contributed by atoms with E-state index in [4.69, 9.17) is 0 Å². The summed E-state index contributed by atoms with van der Waals surface area (Å²) < 4.78 is 37.8. The largest absolute Gasteiger partial charge is 0.401 e. The highest BCUT2D eigenvalue weighted by Gasteiger charge is 2.42. The Hall–Kier alpha value is -1.57. The number of hydrogen-bond acceptors (Lipinski definition) is 3. The summed E-state index contributed by atoms with van der Waals surface area (Å²) in [5, 5.41) is 7.06. The van der Waals surface area contributed by atoms with E-state index in [1.165, 1.54) is 4.90 Å². The van der Waals surface area contributed by atoms with E-state index >= 15 is 0 Å². The van der Waals surface area contributed by atoms with Crippen molar-refractivity contribution in [3.8, 4) is 0 Å². The molecule has 23 heavy (non-hydrogen) atoms. The molecule has 1 saturated heterocycles. The molecule has 1 aliphatic carbocycles. The second kappa shape index (κ2) is 5.51. The maximum atomic E-state index is 12.8. The van der Waals surface area contributed by atoms with Crippen LogP contribution in [0.15, 0.2) is 0 Å². The van der Waals surface area contributed by atoms with E-state index < -0.39 is 18.3 Å². The van der Waals surface area contributed by atoms with Crippen molar-refractivity contribution in [1.29, 1.82) is 0 Å². The third-order valence-electron chi connectivity index (χ3n) is 4.64. The number of amides is 1. The lowest BCUT2D eigenvalue weighted by Gasteiger charge is -2.47. The van der Waals surface area contributed by atoms with Gasteiger partial charge in [-0.15, -0.1) is 0 Å². The minimum absolute atomic E-state index is 0.180. The second-order valence-corrected chi connectivity index (χ2v) is 6.98. The lowest BCUT2D eigenvalue weighted by Crippen LogP contribution is -2.62. The zero-order valence-corrected chi connectivity index (χ0v) is 13.3. The SMILES string of the molecule is CC1(C)CN(CC(F)(F)F)CCN1C(=O)c1n[nH]c2c1CCC2. The summed E-state index contributed by atoms with van der Waals surface area (Å²) >= 11 is 0. The molecule has 1 amide bonds. The van der Waals surface area contributed by atoms with E-state index in [2.05, 4.69) is 10.2 Å². The molecule has 2 heterocycles. The molecular weight excluding hydrogens is 309 g/mol. The average Bonchev–Trinajstić information content (AvgIpc) is 2.96. The summed E-state index contributed by atoms with van der Waals surface area (Å²) in [5.74, 6) is -0.180. The second-order valence-electron chi connectivity index (χ2n) is 6.98. The van der Waals surface area contributed by atoms with Crippen molar-refractivity contribution in [2.75, 3.05) is 26.2 Å². The van der Waals surface area contributed by atoms with Crippen LogP contribution in [0.1, 0.15) is 42.0 Å². The zero-order chi connectivity index (χ0) is 16.8. The van der Waals surface area contributed by atoms with Crippen LogP contribution < -0.4 is 0 Å². The first-order valence-corrected chi connectivity index (χ1v) is 7.84. The molecular formula is C15H21F3N4O. The highest BCUT2D eigenvalue weighted by atomic mass is 19.4. The number of piperazine rings is 1. The fraction of sp³-hybridized carbons (Fsp3) is 0.733. The lowest BCUT2D eigenvalue weighted by molar-refractivity contribution is -0.153. The van der Waals surface area contributed by atoms with Gasteiger partial charge in [-0.2, -0.15) is 18.3 Å². The van der Waals surface area contributed by atoms with Crippen LogP contribution >= 0.6 is 0 Å². The lowest BCUT2D eigenvalue weighted by atomic mass is 9.97. The average molecular weight is 330 g/mol. The first-order valence-electron chi connectivity index (χ1n) is 7.84. The Morgan fingerprint density at radius 2 is 2.04 bits per heavy atom. The van der Waals surface area contributed by atoms with Crippen LogP contribution in [0.2, 0.25) is 0 Å². The number of aromatic amines is 1. The first-order chi connectivity index (χ1) is 10.7. The number of carbonyl (C=O) groups excluding carboxylic acids is 1. The number of nitrogens with one attached hydrogen (secondary N) is 1. The molecule has 128 valence electrons. The summed E-state index contributed by atoms with van der Waals surface area (Å²) in [6.45, 7) is 3.38. The fourth-order valence-corrected chi connectivity index (χ4v) is 3.64. The predicted octanol–water partition coefficient (Wildman–Crippen LogP) is 2.00. The number of fused-ring (bicyclic) bond motifs is 1. The van der Waals surface area contributed by atoms with E-state index in [1.807, 2.05) is 0 Å². The van der Waals surface area contributed by atoms with Crippen molar-refractivity contribution in [3.05, 3.63) is 17.0 Å². The predicted molar refractivity (Wildman–Crippen MR) is 78.2 cm³/mol. The van der Waals surface area contributed by atoms with Gasteiger partial charge in [-0.1, -0.05) is 0 Å². The number of H-pyrrole nitrogens is 1. The number of alkyl halides is 3. The fourth-order valence-electron chi connectivity index (χ4n) is 3.64. The Morgan fingerprint density at radius 3 is 2.70 bits per heavy atom. The van der Waals surface area contributed by atoms with Crippen molar-refractivity contribution in [2.45, 2.75) is 44.8 Å². The molecule has 0 radical (unpaired) electrons. The van der Waals surface area contributed by atoms with Crippen LogP contribution in [-0.2, 0) is 12.8 Å². The van der Waals surface area contributed by atoms with Crippen LogP contribution in [0.5, 0.6) is 0 Å². The van der Waals surface area contributed by atoms with Crippen LogP contribution in [0.25, 0.3) is 0 Å². The molecule has 1 aliphatic heterocycles. The normalized spacial score (nSPS) is 21.5. The van der Waals surface area contributed by atoms with Gasteiger partial charge in [0.2, 0.25) is 0 Å². The Morgan fingerprint density at radius 1 is 1.30 bits per heavy atom. The standard InChI is InChI=1S/C15H21F3N4O/c1-14(2)8-21(9-15(16,17)18)6-7-22(14)13(23)12-10-4-3-5-11(10)19-20-12/h3-9H2,1-2H3,(H,19,20). The van der Waals surface area contributed by atoms with Crippen LogP contribution in [0.4, 0.5) is 13.2 Å². The van der Waals surface area contributed by atoms with Gasteiger partial charge >= 0.3 is 6.18 Å². The van der Waals surface area contributed by atoms with Crippen LogP contribution in [0.3, 0.4) is 0 Å². The number of rotatable bonds is 2. The summed E-state index contributed by atoms with van der Waals surface area (Å²) in [6.07, 6.45) is -1.47. The monoisotopic (exact) mass is 330 g/mol. The molecule has 3 rings (SSSR count). The van der Waals surface area contributed by atoms with Gasteiger partial charge in [-0.05, 0) is 33.1 Å². The number of hydrogen-bond donors (Lipinski definition) is 1. The summed E-state index contributed by atoms with van der Waals surface area (Å²) in [4.78, 5) is 15.9. The Balaban J connectivity index is 1.75. The minimum Gasteiger partial charge on any atom is -0.330 e. The maximum Gasteiger partial charge on any atom is 0.401 e. The Bertz CT molecular complexity index is 608. The summed E-state index contributed by atoms with van der Waals surface area (Å²) in [7, 11) is 0. The first kappa shape index (κ1) is 16.3. The van der Waals surface area contributed by atoms with E-state index in [-0.39, 0.29) is 25.5 Å². The van der Waals surface area contributed by atoms with E-state index in [9.17, 15) is 18.0 Å². The van der Waals surface area contributed by atoms with Crippen molar-refractivity contribution in [3.63, 3.8) is 0 Å². The number of aryl methyl sites for hydroxylation is 1. The van der Waals surface area contributed by atoms with Gasteiger partial charge in [-0.3, -0.25) is 14.8 Å². The summed E-state index contributed by atoms with van der Waals surface area (Å²) in [6, 6.07) is 0. The Labute approximate surface area is 132 Å². The van der Waals surface area contributed by atoms with E-state index in [1.54, 1.807) is 18.7 Å². The molecule has 1 aromatic heterocycles. The molecule has 1 fully saturated rings. The third-order valence-corrected chi connectivity index (χ3v) is 4.64. The van der Waals surface area contributed by atoms with Crippen molar-refractivity contribution in [1.82, 2.24) is 20.0 Å². The quantitative estimate of drug-likeness (QED) is 0.902. The molecule has 0 spiro atoms. The van der Waals surface area contributed by atoms with Crippen molar-refractivity contribution >= 4 is 5.91 Å². The molecule has 0 bridgehead atoms. The summed E-state index contributed by atoms with van der Waals surface area (Å²) in [5.41, 5.74) is 1.77. The number of carbonyl (C=O) groups is 1. The Kier molecular flexibility index (Phi) is 3.90. The van der Waals surface area contributed by atoms with E-state index in [0.717, 1.165) is 30.5 Å². The van der Waals surface area contributed by atoms with Gasteiger partial charge in [-0.25, -0.2) is 0 Å². The van der Waals surface area contributed by atoms with Gasteiger partial charge in [0.05, 0.1) is 12.1 Å². The molecule has 5 nitrogen and oxygen atoms in total. The van der Waals surface area contributed by atoms with E-state index in [0.29, 0.717) is 5.69 Å². The molecule has 0 saturated carbocycles. The highest BCUT2D eigenvalue weighted by Crippen LogP contribution is 2.29. The molecule has 2 aliphatic rings. The molecule has 0 aromatic carbocycles. The third kappa shape index (κ3) is 3.22. The minimum atomic E-state index is -4.22. The number of aromatic nitrogens is 2. The molecule has 0 atom stereocenters. The van der Waals surface area contributed by atoms with Crippen LogP contribution in [0, 0.1) is 0 Å². The molecule has 1 N–H and O–H groups in total. The van der Waals surface area contributed by atoms with Crippen LogP contribution in [-0.4, -0.2) is 63.8 Å². The van der Waals surface area contributed by atoms with Gasteiger partial charge in [0, 0.05) is 30.9 Å². The number of halogens is 3. The molecule has 8 heteroatoms. The molecule has 0 unspecified atom stereocenters. The topological polar surface area (TPSA) is 52.2 Å². The maximum absolute atomic E-state index is 12.8. The molecule has 1 aromatic rings. The van der Waals surface area contributed by atoms with Gasteiger partial charge in [0.15, 0.2) is 5.69 Å². The number of nitrogens with zero attached hydrogens (tertiary/aromatic N) is 3. The zero-order valence-electron chi connectivity index (χ0n) is 13.3. The van der Waals surface area contributed by atoms with Gasteiger partial charge in [0.25, 0.3) is 5.91 Å². The smallest absolute Gasteiger partial charge is 0.330 e. The van der Waals surface area contributed by atoms with Gasteiger partial charge < -0.3 is 4.90 Å².